The average molecular weight is 261 g/mol. The number of nitrogen functional groups attached to an aromatic ring is 1. The van der Waals surface area contributed by atoms with Crippen molar-refractivity contribution in [2.24, 2.45) is 5.73 Å². The Kier molecular flexibility index (Phi) is 2.86. The Morgan fingerprint density at radius 1 is 1.26 bits per heavy atom. The second-order valence-electron chi connectivity index (χ2n) is 5.56. The van der Waals surface area contributed by atoms with Crippen LogP contribution in [0.25, 0.3) is 0 Å². The molecule has 5 heteroatoms. The molecule has 2 fully saturated rings. The predicted octanol–water partition coefficient (Wildman–Crippen LogP) is 0.860. The molecule has 1 amide bonds. The molecule has 2 saturated heterocycles. The molecule has 2 unspecified atom stereocenters. The largest absolute Gasteiger partial charge is 0.397 e. The van der Waals surface area contributed by atoms with Crippen molar-refractivity contribution in [2.45, 2.75) is 43.9 Å². The van der Waals surface area contributed by atoms with Crippen LogP contribution in [0.3, 0.4) is 0 Å². The van der Waals surface area contributed by atoms with Crippen molar-refractivity contribution < 1.29 is 9.90 Å². The third-order valence-corrected chi connectivity index (χ3v) is 4.30. The number of piperidine rings is 1. The molecular weight excluding hydrogens is 242 g/mol. The number of rotatable bonds is 2. The van der Waals surface area contributed by atoms with Gasteiger partial charge >= 0.3 is 0 Å². The fraction of sp³-hybridized carbons (Fsp3) is 0.500. The number of fused-ring (bicyclic) bond motifs is 2. The zero-order valence-electron chi connectivity index (χ0n) is 10.7. The molecule has 3 rings (SSSR count). The van der Waals surface area contributed by atoms with Crippen molar-refractivity contribution >= 4 is 17.3 Å². The van der Waals surface area contributed by atoms with Gasteiger partial charge in [0.2, 0.25) is 5.91 Å². The maximum atomic E-state index is 11.1. The minimum Gasteiger partial charge on any atom is -0.397 e. The van der Waals surface area contributed by atoms with Gasteiger partial charge in [-0.1, -0.05) is 0 Å². The molecule has 0 saturated carbocycles. The van der Waals surface area contributed by atoms with Crippen LogP contribution in [0, 0.1) is 0 Å². The van der Waals surface area contributed by atoms with Crippen molar-refractivity contribution in [3.63, 3.8) is 0 Å². The number of hydrogen-bond acceptors (Lipinski definition) is 4. The Morgan fingerprint density at radius 3 is 2.42 bits per heavy atom. The monoisotopic (exact) mass is 261 g/mol. The molecule has 0 spiro atoms. The van der Waals surface area contributed by atoms with Gasteiger partial charge in [0.15, 0.2) is 0 Å². The van der Waals surface area contributed by atoms with Gasteiger partial charge in [-0.2, -0.15) is 0 Å². The van der Waals surface area contributed by atoms with Crippen molar-refractivity contribution in [1.82, 2.24) is 0 Å². The Balaban J connectivity index is 1.93. The molecule has 2 aliphatic rings. The van der Waals surface area contributed by atoms with Gasteiger partial charge in [0, 0.05) is 17.6 Å². The summed E-state index contributed by atoms with van der Waals surface area (Å²) in [7, 11) is 0. The summed E-state index contributed by atoms with van der Waals surface area (Å²) in [6.07, 6.45) is 3.60. The molecule has 1 aromatic carbocycles. The lowest BCUT2D eigenvalue weighted by atomic mass is 9.98. The normalized spacial score (nSPS) is 29.5. The highest BCUT2D eigenvalue weighted by molar-refractivity contribution is 5.95. The van der Waals surface area contributed by atoms with E-state index in [0.717, 1.165) is 31.4 Å². The summed E-state index contributed by atoms with van der Waals surface area (Å²) in [5.74, 6) is -0.463. The molecule has 2 heterocycles. The first-order valence-electron chi connectivity index (χ1n) is 6.72. The topological polar surface area (TPSA) is 92.6 Å². The molecule has 1 aromatic rings. The zero-order valence-corrected chi connectivity index (χ0v) is 10.7. The van der Waals surface area contributed by atoms with Crippen molar-refractivity contribution in [3.8, 4) is 0 Å². The summed E-state index contributed by atoms with van der Waals surface area (Å²) >= 11 is 0. The molecule has 0 aliphatic carbocycles. The number of aliphatic hydroxyl groups is 1. The van der Waals surface area contributed by atoms with Crippen LogP contribution in [0.1, 0.15) is 36.0 Å². The highest BCUT2D eigenvalue weighted by Gasteiger charge is 2.40. The van der Waals surface area contributed by atoms with Crippen molar-refractivity contribution in [1.29, 1.82) is 0 Å². The fourth-order valence-corrected chi connectivity index (χ4v) is 3.48. The van der Waals surface area contributed by atoms with Crippen LogP contribution in [0.4, 0.5) is 11.4 Å². The molecule has 0 aromatic heterocycles. The van der Waals surface area contributed by atoms with E-state index in [1.807, 2.05) is 6.07 Å². The van der Waals surface area contributed by atoms with Crippen LogP contribution in [0.15, 0.2) is 18.2 Å². The fourth-order valence-electron chi connectivity index (χ4n) is 3.48. The van der Waals surface area contributed by atoms with Crippen molar-refractivity contribution in [3.05, 3.63) is 23.8 Å². The van der Waals surface area contributed by atoms with E-state index in [1.165, 1.54) is 0 Å². The molecule has 5 N–H and O–H groups in total. The van der Waals surface area contributed by atoms with Gasteiger partial charge in [-0.15, -0.1) is 0 Å². The Labute approximate surface area is 112 Å². The minimum absolute atomic E-state index is 0.195. The predicted molar refractivity (Wildman–Crippen MR) is 73.9 cm³/mol. The number of carbonyl (C=O) groups excluding carboxylic acids is 1. The van der Waals surface area contributed by atoms with Crippen LogP contribution in [-0.4, -0.2) is 29.2 Å². The Hall–Kier alpha value is -1.75. The number of carbonyl (C=O) groups is 1. The van der Waals surface area contributed by atoms with E-state index in [4.69, 9.17) is 11.5 Å². The summed E-state index contributed by atoms with van der Waals surface area (Å²) in [6, 6.07) is 5.95. The first-order valence-corrected chi connectivity index (χ1v) is 6.72. The number of aliphatic hydroxyl groups excluding tert-OH is 1. The van der Waals surface area contributed by atoms with E-state index in [9.17, 15) is 9.90 Å². The highest BCUT2D eigenvalue weighted by atomic mass is 16.3. The average Bonchev–Trinajstić information content (AvgIpc) is 2.62. The maximum absolute atomic E-state index is 11.1. The van der Waals surface area contributed by atoms with Gasteiger partial charge in [0.05, 0.1) is 17.5 Å². The molecule has 2 aliphatic heterocycles. The smallest absolute Gasteiger partial charge is 0.248 e. The lowest BCUT2D eigenvalue weighted by molar-refractivity contribution is 0.100. The summed E-state index contributed by atoms with van der Waals surface area (Å²) in [5, 5.41) is 9.82. The van der Waals surface area contributed by atoms with Crippen molar-refractivity contribution in [2.75, 3.05) is 10.6 Å². The van der Waals surface area contributed by atoms with Gasteiger partial charge < -0.3 is 21.5 Å². The van der Waals surface area contributed by atoms with Gasteiger partial charge in [-0.25, -0.2) is 0 Å². The van der Waals surface area contributed by atoms with E-state index in [-0.39, 0.29) is 6.10 Å². The summed E-state index contributed by atoms with van der Waals surface area (Å²) in [6.45, 7) is 0. The lowest BCUT2D eigenvalue weighted by Crippen LogP contribution is -2.45. The van der Waals surface area contributed by atoms with E-state index >= 15 is 0 Å². The van der Waals surface area contributed by atoms with Gasteiger partial charge in [-0.3, -0.25) is 4.79 Å². The van der Waals surface area contributed by atoms with Gasteiger partial charge in [0.1, 0.15) is 0 Å². The maximum Gasteiger partial charge on any atom is 0.248 e. The van der Waals surface area contributed by atoms with Gasteiger partial charge in [-0.05, 0) is 43.9 Å². The summed E-state index contributed by atoms with van der Waals surface area (Å²) in [5.41, 5.74) is 13.3. The zero-order chi connectivity index (χ0) is 13.6. The number of anilines is 2. The second-order valence-corrected chi connectivity index (χ2v) is 5.56. The summed E-state index contributed by atoms with van der Waals surface area (Å²) < 4.78 is 0. The molecular formula is C14H19N3O2. The van der Waals surface area contributed by atoms with Crippen LogP contribution < -0.4 is 16.4 Å². The number of nitrogens with two attached hydrogens (primary N) is 2. The number of amides is 1. The first kappa shape index (κ1) is 12.3. The molecule has 19 heavy (non-hydrogen) atoms. The van der Waals surface area contributed by atoms with Crippen LogP contribution in [-0.2, 0) is 0 Å². The number of primary amides is 1. The molecule has 102 valence electrons. The number of benzene rings is 1. The highest BCUT2D eigenvalue weighted by Crippen LogP contribution is 2.41. The first-order chi connectivity index (χ1) is 9.06. The molecule has 2 bridgehead atoms. The third kappa shape index (κ3) is 2.04. The third-order valence-electron chi connectivity index (χ3n) is 4.30. The van der Waals surface area contributed by atoms with Gasteiger partial charge in [0.25, 0.3) is 0 Å². The summed E-state index contributed by atoms with van der Waals surface area (Å²) in [4.78, 5) is 13.5. The number of nitrogens with zero attached hydrogens (tertiary/aromatic N) is 1. The van der Waals surface area contributed by atoms with E-state index < -0.39 is 5.91 Å². The van der Waals surface area contributed by atoms with E-state index in [0.29, 0.717) is 23.3 Å². The molecule has 5 nitrogen and oxygen atoms in total. The Bertz CT molecular complexity index is 503. The minimum atomic E-state index is -0.463. The van der Waals surface area contributed by atoms with Crippen LogP contribution in [0.5, 0.6) is 0 Å². The quantitative estimate of drug-likeness (QED) is 0.688. The van der Waals surface area contributed by atoms with E-state index in [2.05, 4.69) is 4.90 Å². The SMILES string of the molecule is NC(=O)c1ccc(N2C3CCC2CC(O)C3)c(N)c1. The number of hydrogen-bond donors (Lipinski definition) is 3. The van der Waals surface area contributed by atoms with Crippen LogP contribution >= 0.6 is 0 Å². The Morgan fingerprint density at radius 2 is 1.89 bits per heavy atom. The standard InChI is InChI=1S/C14H19N3O2/c15-12-5-8(14(16)19)1-4-13(12)17-9-2-3-10(17)7-11(18)6-9/h1,4-5,9-11,18H,2-3,6-7,15H2,(H2,16,19). The van der Waals surface area contributed by atoms with Crippen LogP contribution in [0.2, 0.25) is 0 Å². The second kappa shape index (κ2) is 4.42. The molecule has 0 radical (unpaired) electrons. The van der Waals surface area contributed by atoms with E-state index in [1.54, 1.807) is 12.1 Å². The lowest BCUT2D eigenvalue weighted by Gasteiger charge is -2.39. The molecule has 2 atom stereocenters.